The van der Waals surface area contributed by atoms with Crippen LogP contribution in [0.2, 0.25) is 5.02 Å². The van der Waals surface area contributed by atoms with E-state index in [9.17, 15) is 9.59 Å². The smallest absolute Gasteiger partial charge is 0.319 e. The zero-order valence-corrected chi connectivity index (χ0v) is 18.3. The minimum Gasteiger partial charge on any atom is -0.497 e. The van der Waals surface area contributed by atoms with Crippen LogP contribution in [0.5, 0.6) is 5.75 Å². The van der Waals surface area contributed by atoms with Crippen molar-refractivity contribution in [3.8, 4) is 5.75 Å². The average molecular weight is 430 g/mol. The molecule has 2 aromatic carbocycles. The number of rotatable bonds is 5. The minimum absolute atomic E-state index is 0.0777. The molecule has 0 bridgehead atoms. The van der Waals surface area contributed by atoms with Gasteiger partial charge in [-0.05, 0) is 48.4 Å². The molecule has 1 fully saturated rings. The molecule has 0 radical (unpaired) electrons. The predicted molar refractivity (Wildman–Crippen MR) is 119 cm³/mol. The zero-order chi connectivity index (χ0) is 21.7. The molecule has 2 N–H and O–H groups in total. The highest BCUT2D eigenvalue weighted by molar-refractivity contribution is 6.30. The molecular weight excluding hydrogens is 402 g/mol. The van der Waals surface area contributed by atoms with Gasteiger partial charge in [0.05, 0.1) is 13.2 Å². The largest absolute Gasteiger partial charge is 0.497 e. The summed E-state index contributed by atoms with van der Waals surface area (Å²) < 4.78 is 5.26. The third-order valence-electron chi connectivity index (χ3n) is 5.38. The van der Waals surface area contributed by atoms with E-state index in [0.717, 1.165) is 17.7 Å². The molecule has 0 aliphatic carbocycles. The molecule has 2 atom stereocenters. The Morgan fingerprint density at radius 1 is 1.10 bits per heavy atom. The normalized spacial score (nSPS) is 18.8. The van der Waals surface area contributed by atoms with Crippen LogP contribution in [0.25, 0.3) is 0 Å². The second-order valence-corrected chi connectivity index (χ2v) is 8.26. The highest BCUT2D eigenvalue weighted by Crippen LogP contribution is 2.30. The number of piperidine rings is 1. The van der Waals surface area contributed by atoms with E-state index in [-0.39, 0.29) is 29.8 Å². The fraction of sp³-hybridized carbons (Fsp3) is 0.391. The van der Waals surface area contributed by atoms with Crippen LogP contribution in [0.1, 0.15) is 31.7 Å². The van der Waals surface area contributed by atoms with E-state index in [1.165, 1.54) is 0 Å². The monoisotopic (exact) mass is 429 g/mol. The van der Waals surface area contributed by atoms with Crippen molar-refractivity contribution in [3.63, 3.8) is 0 Å². The number of likely N-dealkylation sites (tertiary alicyclic amines) is 1. The first kappa shape index (κ1) is 22.0. The van der Waals surface area contributed by atoms with E-state index in [2.05, 4.69) is 10.6 Å². The Kier molecular flexibility index (Phi) is 7.21. The molecule has 1 saturated heterocycles. The predicted octanol–water partition coefficient (Wildman–Crippen LogP) is 4.51. The lowest BCUT2D eigenvalue weighted by molar-refractivity contribution is -0.136. The van der Waals surface area contributed by atoms with Gasteiger partial charge >= 0.3 is 6.03 Å². The molecule has 1 heterocycles. The third-order valence-corrected chi connectivity index (χ3v) is 5.63. The number of hydrogen-bond donors (Lipinski definition) is 2. The molecule has 7 heteroatoms. The van der Waals surface area contributed by atoms with Crippen LogP contribution < -0.4 is 15.4 Å². The Bertz CT molecular complexity index is 868. The maximum atomic E-state index is 12.7. The number of methoxy groups -OCH3 is 1. The van der Waals surface area contributed by atoms with Crippen molar-refractivity contribution < 1.29 is 14.3 Å². The van der Waals surface area contributed by atoms with Crippen LogP contribution >= 0.6 is 11.6 Å². The lowest BCUT2D eigenvalue weighted by atomic mass is 9.85. The first-order valence-electron chi connectivity index (χ1n) is 10.1. The Morgan fingerprint density at radius 3 is 2.37 bits per heavy atom. The van der Waals surface area contributed by atoms with E-state index in [0.29, 0.717) is 23.8 Å². The Hall–Kier alpha value is -2.73. The van der Waals surface area contributed by atoms with Gasteiger partial charge in [0.25, 0.3) is 0 Å². The lowest BCUT2D eigenvalue weighted by Crippen LogP contribution is -2.54. The Labute approximate surface area is 182 Å². The van der Waals surface area contributed by atoms with Crippen LogP contribution in [-0.2, 0) is 4.79 Å². The summed E-state index contributed by atoms with van der Waals surface area (Å²) in [6, 6.07) is 14.3. The van der Waals surface area contributed by atoms with E-state index in [4.69, 9.17) is 16.3 Å². The van der Waals surface area contributed by atoms with Gasteiger partial charge in [-0.25, -0.2) is 4.79 Å². The lowest BCUT2D eigenvalue weighted by Gasteiger charge is -2.40. The fourth-order valence-electron chi connectivity index (χ4n) is 3.78. The van der Waals surface area contributed by atoms with Gasteiger partial charge in [0.1, 0.15) is 5.75 Å². The third kappa shape index (κ3) is 5.45. The minimum atomic E-state index is -0.306. The van der Waals surface area contributed by atoms with E-state index in [1.54, 1.807) is 31.4 Å². The number of ether oxygens (including phenoxy) is 1. The first-order chi connectivity index (χ1) is 14.4. The molecule has 0 spiro atoms. The molecule has 160 valence electrons. The summed E-state index contributed by atoms with van der Waals surface area (Å²) >= 11 is 5.91. The second kappa shape index (κ2) is 9.85. The quantitative estimate of drug-likeness (QED) is 0.734. The molecule has 3 amide bonds. The van der Waals surface area contributed by atoms with Gasteiger partial charge in [-0.1, -0.05) is 37.6 Å². The molecular formula is C23H28ClN3O3. The zero-order valence-electron chi connectivity index (χ0n) is 17.5. The molecule has 0 saturated carbocycles. The molecule has 2 unspecified atom stereocenters. The molecule has 6 nitrogen and oxygen atoms in total. The molecule has 1 aliphatic rings. The molecule has 0 aromatic heterocycles. The number of anilines is 1. The summed E-state index contributed by atoms with van der Waals surface area (Å²) in [4.78, 5) is 27.1. The summed E-state index contributed by atoms with van der Waals surface area (Å²) in [6.07, 6.45) is 0.774. The van der Waals surface area contributed by atoms with Gasteiger partial charge in [-0.15, -0.1) is 0 Å². The van der Waals surface area contributed by atoms with Gasteiger partial charge in [-0.3, -0.25) is 4.79 Å². The summed E-state index contributed by atoms with van der Waals surface area (Å²) in [5.41, 5.74) is 1.77. The van der Waals surface area contributed by atoms with Crippen LogP contribution in [0.15, 0.2) is 48.5 Å². The number of carbonyl (C=O) groups excluding carboxylic acids is 2. The van der Waals surface area contributed by atoms with Crippen molar-refractivity contribution in [2.24, 2.45) is 5.92 Å². The first-order valence-corrected chi connectivity index (χ1v) is 10.5. The van der Waals surface area contributed by atoms with Crippen molar-refractivity contribution in [2.45, 2.75) is 32.2 Å². The summed E-state index contributed by atoms with van der Waals surface area (Å²) in [7, 11) is 1.64. The van der Waals surface area contributed by atoms with Gasteiger partial charge in [-0.2, -0.15) is 0 Å². The van der Waals surface area contributed by atoms with Crippen molar-refractivity contribution in [1.82, 2.24) is 10.2 Å². The number of halogens is 1. The molecule has 1 aliphatic heterocycles. The average Bonchev–Trinajstić information content (AvgIpc) is 2.75. The summed E-state index contributed by atoms with van der Waals surface area (Å²) in [5, 5.41) is 6.52. The maximum absolute atomic E-state index is 12.7. The Morgan fingerprint density at radius 2 is 1.77 bits per heavy atom. The van der Waals surface area contributed by atoms with E-state index in [1.807, 2.05) is 43.0 Å². The van der Waals surface area contributed by atoms with Crippen LogP contribution in [0.3, 0.4) is 0 Å². The maximum Gasteiger partial charge on any atom is 0.319 e. The molecule has 2 aromatic rings. The van der Waals surface area contributed by atoms with Gasteiger partial charge < -0.3 is 20.3 Å². The number of amides is 3. The summed E-state index contributed by atoms with van der Waals surface area (Å²) in [6.45, 7) is 4.94. The van der Waals surface area contributed by atoms with Crippen molar-refractivity contribution >= 4 is 29.2 Å². The van der Waals surface area contributed by atoms with Crippen molar-refractivity contribution in [2.75, 3.05) is 25.5 Å². The van der Waals surface area contributed by atoms with E-state index >= 15 is 0 Å². The highest BCUT2D eigenvalue weighted by atomic mass is 35.5. The van der Waals surface area contributed by atoms with Crippen LogP contribution in [0, 0.1) is 5.92 Å². The topological polar surface area (TPSA) is 70.7 Å². The second-order valence-electron chi connectivity index (χ2n) is 7.82. The van der Waals surface area contributed by atoms with Gasteiger partial charge in [0, 0.05) is 35.6 Å². The number of carbonyl (C=O) groups is 2. The fourth-order valence-corrected chi connectivity index (χ4v) is 3.91. The van der Waals surface area contributed by atoms with Crippen molar-refractivity contribution in [3.05, 3.63) is 59.1 Å². The molecule has 3 rings (SSSR count). The van der Waals surface area contributed by atoms with Crippen LogP contribution in [0.4, 0.5) is 10.5 Å². The number of nitrogens with zero attached hydrogens (tertiary/aromatic N) is 1. The highest BCUT2D eigenvalue weighted by Gasteiger charge is 2.34. The SMILES string of the molecule is COc1ccc(C2CCN(C(=O)C(C)C)CC2NC(=O)Nc2ccc(Cl)cc2)cc1. The van der Waals surface area contributed by atoms with Crippen LogP contribution in [-0.4, -0.2) is 43.1 Å². The molecule has 30 heavy (non-hydrogen) atoms. The Balaban J connectivity index is 1.76. The summed E-state index contributed by atoms with van der Waals surface area (Å²) in [5.74, 6) is 0.915. The van der Waals surface area contributed by atoms with E-state index < -0.39 is 0 Å². The van der Waals surface area contributed by atoms with Gasteiger partial charge in [0.15, 0.2) is 0 Å². The number of urea groups is 1. The number of benzene rings is 2. The number of nitrogens with one attached hydrogen (secondary N) is 2. The van der Waals surface area contributed by atoms with Crippen molar-refractivity contribution in [1.29, 1.82) is 0 Å². The standard InChI is InChI=1S/C23H28ClN3O3/c1-15(2)22(28)27-13-12-20(16-4-10-19(30-3)11-5-16)21(14-27)26-23(29)25-18-8-6-17(24)7-9-18/h4-11,15,20-21H,12-14H2,1-3H3,(H2,25,26,29). The number of hydrogen-bond acceptors (Lipinski definition) is 3. The van der Waals surface area contributed by atoms with Gasteiger partial charge in [0.2, 0.25) is 5.91 Å².